The van der Waals surface area contributed by atoms with E-state index in [4.69, 9.17) is 27.9 Å². The lowest BCUT2D eigenvalue weighted by Crippen LogP contribution is -2.22. The molecule has 0 aliphatic carbocycles. The molecule has 1 aromatic heterocycles. The van der Waals surface area contributed by atoms with E-state index >= 15 is 0 Å². The van der Waals surface area contributed by atoms with Gasteiger partial charge < -0.3 is 10.1 Å². The molecule has 0 amide bonds. The standard InChI is InChI=1S/C14H15Cl2N3O/c1-9(2)18-7-11-6-17-8-14(19-11)20-13-4-3-10(15)5-12(13)16/h3-6,8-9,18H,7H2,1-2H3. The number of aromatic nitrogens is 2. The van der Waals surface area contributed by atoms with Crippen molar-refractivity contribution in [3.05, 3.63) is 46.3 Å². The summed E-state index contributed by atoms with van der Waals surface area (Å²) in [5.41, 5.74) is 0.807. The monoisotopic (exact) mass is 311 g/mol. The quantitative estimate of drug-likeness (QED) is 0.904. The number of ether oxygens (including phenoxy) is 1. The van der Waals surface area contributed by atoms with Crippen molar-refractivity contribution in [3.63, 3.8) is 0 Å². The summed E-state index contributed by atoms with van der Waals surface area (Å²) in [4.78, 5) is 8.47. The molecule has 0 atom stereocenters. The maximum absolute atomic E-state index is 6.05. The Bertz CT molecular complexity index is 590. The highest BCUT2D eigenvalue weighted by Gasteiger charge is 2.06. The van der Waals surface area contributed by atoms with Crippen LogP contribution in [-0.2, 0) is 6.54 Å². The van der Waals surface area contributed by atoms with Crippen LogP contribution in [0.5, 0.6) is 11.6 Å². The van der Waals surface area contributed by atoms with Gasteiger partial charge in [0.2, 0.25) is 5.88 Å². The van der Waals surface area contributed by atoms with Crippen LogP contribution in [0.3, 0.4) is 0 Å². The first kappa shape index (κ1) is 15.0. The summed E-state index contributed by atoms with van der Waals surface area (Å²) in [5.74, 6) is 0.900. The summed E-state index contributed by atoms with van der Waals surface area (Å²) in [6, 6.07) is 5.41. The molecular weight excluding hydrogens is 297 g/mol. The molecule has 1 heterocycles. The van der Waals surface area contributed by atoms with E-state index in [0.29, 0.717) is 34.3 Å². The van der Waals surface area contributed by atoms with Gasteiger partial charge in [-0.05, 0) is 18.2 Å². The molecule has 20 heavy (non-hydrogen) atoms. The molecule has 0 unspecified atom stereocenters. The van der Waals surface area contributed by atoms with Crippen molar-refractivity contribution in [2.24, 2.45) is 0 Å². The van der Waals surface area contributed by atoms with Gasteiger partial charge in [0.25, 0.3) is 0 Å². The second-order valence-corrected chi connectivity index (χ2v) is 5.40. The molecule has 0 fully saturated rings. The summed E-state index contributed by atoms with van der Waals surface area (Å²) in [5, 5.41) is 4.26. The van der Waals surface area contributed by atoms with Crippen molar-refractivity contribution in [2.45, 2.75) is 26.4 Å². The molecule has 0 radical (unpaired) electrons. The van der Waals surface area contributed by atoms with E-state index in [9.17, 15) is 0 Å². The van der Waals surface area contributed by atoms with E-state index in [1.54, 1.807) is 30.6 Å². The molecule has 6 heteroatoms. The minimum absolute atomic E-state index is 0.382. The number of nitrogens with zero attached hydrogens (tertiary/aromatic N) is 2. The number of nitrogens with one attached hydrogen (secondary N) is 1. The van der Waals surface area contributed by atoms with Crippen LogP contribution in [0, 0.1) is 0 Å². The van der Waals surface area contributed by atoms with Crippen LogP contribution in [0.1, 0.15) is 19.5 Å². The van der Waals surface area contributed by atoms with E-state index in [1.165, 1.54) is 0 Å². The molecule has 2 aromatic rings. The molecule has 106 valence electrons. The van der Waals surface area contributed by atoms with Crippen molar-refractivity contribution < 1.29 is 4.74 Å². The maximum Gasteiger partial charge on any atom is 0.238 e. The normalized spacial score (nSPS) is 10.8. The Kier molecular flexibility index (Phi) is 5.17. The van der Waals surface area contributed by atoms with Crippen molar-refractivity contribution in [1.82, 2.24) is 15.3 Å². The van der Waals surface area contributed by atoms with Gasteiger partial charge in [-0.15, -0.1) is 0 Å². The van der Waals surface area contributed by atoms with E-state index in [2.05, 4.69) is 29.1 Å². The summed E-state index contributed by atoms with van der Waals surface area (Å²) in [6.07, 6.45) is 3.25. The van der Waals surface area contributed by atoms with Crippen molar-refractivity contribution in [3.8, 4) is 11.6 Å². The second-order valence-electron chi connectivity index (χ2n) is 4.56. The number of hydrogen-bond donors (Lipinski definition) is 1. The molecule has 0 saturated carbocycles. The van der Waals surface area contributed by atoms with Gasteiger partial charge in [-0.1, -0.05) is 37.0 Å². The largest absolute Gasteiger partial charge is 0.436 e. The van der Waals surface area contributed by atoms with Crippen LogP contribution >= 0.6 is 23.2 Å². The first-order chi connectivity index (χ1) is 9.54. The topological polar surface area (TPSA) is 47.0 Å². The Labute approximate surface area is 128 Å². The fourth-order valence-corrected chi connectivity index (χ4v) is 1.95. The Morgan fingerprint density at radius 1 is 1.25 bits per heavy atom. The number of halogens is 2. The van der Waals surface area contributed by atoms with Crippen molar-refractivity contribution in [1.29, 1.82) is 0 Å². The van der Waals surface area contributed by atoms with Gasteiger partial charge in [-0.2, -0.15) is 0 Å². The van der Waals surface area contributed by atoms with Crippen LogP contribution in [0.4, 0.5) is 0 Å². The third-order valence-electron chi connectivity index (χ3n) is 2.46. The number of rotatable bonds is 5. The lowest BCUT2D eigenvalue weighted by Gasteiger charge is -2.09. The Morgan fingerprint density at radius 3 is 2.75 bits per heavy atom. The fraction of sp³-hybridized carbons (Fsp3) is 0.286. The smallest absolute Gasteiger partial charge is 0.238 e. The SMILES string of the molecule is CC(C)NCc1cncc(Oc2ccc(Cl)cc2Cl)n1. The Hall–Kier alpha value is -1.36. The lowest BCUT2D eigenvalue weighted by atomic mass is 10.3. The molecule has 0 aliphatic rings. The van der Waals surface area contributed by atoms with E-state index in [0.717, 1.165) is 5.69 Å². The van der Waals surface area contributed by atoms with E-state index in [-0.39, 0.29) is 0 Å². The minimum Gasteiger partial charge on any atom is -0.436 e. The highest BCUT2D eigenvalue weighted by molar-refractivity contribution is 6.35. The molecule has 0 aliphatic heterocycles. The van der Waals surface area contributed by atoms with Crippen LogP contribution in [0.15, 0.2) is 30.6 Å². The lowest BCUT2D eigenvalue weighted by molar-refractivity contribution is 0.455. The van der Waals surface area contributed by atoms with Gasteiger partial charge in [0.15, 0.2) is 0 Å². The average molecular weight is 312 g/mol. The van der Waals surface area contributed by atoms with Crippen LogP contribution < -0.4 is 10.1 Å². The zero-order chi connectivity index (χ0) is 14.5. The van der Waals surface area contributed by atoms with Gasteiger partial charge in [-0.3, -0.25) is 4.98 Å². The van der Waals surface area contributed by atoms with Gasteiger partial charge in [0, 0.05) is 23.8 Å². The van der Waals surface area contributed by atoms with Crippen LogP contribution in [0.25, 0.3) is 0 Å². The van der Waals surface area contributed by atoms with E-state index < -0.39 is 0 Å². The fourth-order valence-electron chi connectivity index (χ4n) is 1.50. The molecule has 1 N–H and O–H groups in total. The zero-order valence-electron chi connectivity index (χ0n) is 11.2. The van der Waals surface area contributed by atoms with Crippen molar-refractivity contribution in [2.75, 3.05) is 0 Å². The molecule has 0 saturated heterocycles. The van der Waals surface area contributed by atoms with Gasteiger partial charge in [0.05, 0.1) is 16.9 Å². The first-order valence-corrected chi connectivity index (χ1v) is 6.97. The number of benzene rings is 1. The number of hydrogen-bond acceptors (Lipinski definition) is 4. The summed E-state index contributed by atoms with van der Waals surface area (Å²) < 4.78 is 5.62. The van der Waals surface area contributed by atoms with Crippen molar-refractivity contribution >= 4 is 23.2 Å². The molecule has 1 aromatic carbocycles. The third-order valence-corrected chi connectivity index (χ3v) is 2.99. The highest BCUT2D eigenvalue weighted by atomic mass is 35.5. The van der Waals surface area contributed by atoms with Gasteiger partial charge >= 0.3 is 0 Å². The molecule has 0 bridgehead atoms. The Morgan fingerprint density at radius 2 is 2.05 bits per heavy atom. The average Bonchev–Trinajstić information content (AvgIpc) is 2.40. The summed E-state index contributed by atoms with van der Waals surface area (Å²) >= 11 is 11.9. The van der Waals surface area contributed by atoms with Gasteiger partial charge in [-0.25, -0.2) is 4.98 Å². The van der Waals surface area contributed by atoms with E-state index in [1.807, 2.05) is 0 Å². The molecule has 2 rings (SSSR count). The highest BCUT2D eigenvalue weighted by Crippen LogP contribution is 2.30. The minimum atomic E-state index is 0.382. The molecular formula is C14H15Cl2N3O. The predicted octanol–water partition coefficient (Wildman–Crippen LogP) is 4.07. The maximum atomic E-state index is 6.05. The molecule has 4 nitrogen and oxygen atoms in total. The summed E-state index contributed by atoms with van der Waals surface area (Å²) in [6.45, 7) is 4.78. The first-order valence-electron chi connectivity index (χ1n) is 6.22. The third kappa shape index (κ3) is 4.34. The van der Waals surface area contributed by atoms with Crippen LogP contribution in [0.2, 0.25) is 10.0 Å². The predicted molar refractivity (Wildman–Crippen MR) is 80.5 cm³/mol. The molecule has 0 spiro atoms. The Balaban J connectivity index is 2.11. The van der Waals surface area contributed by atoms with Gasteiger partial charge in [0.1, 0.15) is 5.75 Å². The van der Waals surface area contributed by atoms with Crippen LogP contribution in [-0.4, -0.2) is 16.0 Å². The second kappa shape index (κ2) is 6.88. The zero-order valence-corrected chi connectivity index (χ0v) is 12.7. The summed E-state index contributed by atoms with van der Waals surface area (Å²) in [7, 11) is 0.